The number of nitriles is 1. The van der Waals surface area contributed by atoms with Gasteiger partial charge in [-0.25, -0.2) is 9.97 Å². The summed E-state index contributed by atoms with van der Waals surface area (Å²) in [6.07, 6.45) is 6.09. The van der Waals surface area contributed by atoms with Crippen LogP contribution in [0.5, 0.6) is 0 Å². The van der Waals surface area contributed by atoms with E-state index in [1.807, 2.05) is 42.6 Å². The van der Waals surface area contributed by atoms with Crippen LogP contribution in [-0.2, 0) is 6.42 Å². The molecule has 3 heterocycles. The summed E-state index contributed by atoms with van der Waals surface area (Å²) < 4.78 is 0. The molecule has 29 heavy (non-hydrogen) atoms. The monoisotopic (exact) mass is 383 g/mol. The number of pyridine rings is 1. The Bertz CT molecular complexity index is 1070. The number of anilines is 3. The first kappa shape index (κ1) is 18.4. The van der Waals surface area contributed by atoms with Crippen LogP contribution < -0.4 is 15.5 Å². The molecule has 1 aliphatic rings. The second kappa shape index (κ2) is 8.40. The van der Waals surface area contributed by atoms with Crippen molar-refractivity contribution in [2.24, 2.45) is 0 Å². The average Bonchev–Trinajstić information content (AvgIpc) is 3.13. The van der Waals surface area contributed by atoms with E-state index in [0.717, 1.165) is 35.7 Å². The van der Waals surface area contributed by atoms with Crippen molar-refractivity contribution in [3.8, 4) is 6.07 Å². The molecule has 144 valence electrons. The van der Waals surface area contributed by atoms with Crippen LogP contribution in [0.15, 0.2) is 66.9 Å². The van der Waals surface area contributed by atoms with Gasteiger partial charge in [-0.05, 0) is 43.2 Å². The normalized spacial score (nSPS) is 14.0. The van der Waals surface area contributed by atoms with Crippen LogP contribution in [0.25, 0.3) is 5.57 Å². The number of hydrogen-bond acceptors (Lipinski definition) is 7. The number of allylic oxidation sites excluding steroid dienone is 1. The summed E-state index contributed by atoms with van der Waals surface area (Å²) in [6, 6.07) is 16.0. The fourth-order valence-corrected chi connectivity index (χ4v) is 3.34. The van der Waals surface area contributed by atoms with Crippen molar-refractivity contribution in [1.29, 1.82) is 5.26 Å². The van der Waals surface area contributed by atoms with Crippen molar-refractivity contribution in [2.75, 3.05) is 28.6 Å². The number of aromatic nitrogens is 3. The van der Waals surface area contributed by atoms with Crippen molar-refractivity contribution in [2.45, 2.75) is 13.3 Å². The smallest absolute Gasteiger partial charge is 0.223 e. The second-order valence-electron chi connectivity index (χ2n) is 6.53. The van der Waals surface area contributed by atoms with E-state index in [9.17, 15) is 5.26 Å². The number of hydrogen-bond donors (Lipinski definition) is 2. The van der Waals surface area contributed by atoms with Crippen LogP contribution in [-0.4, -0.2) is 28.0 Å². The van der Waals surface area contributed by atoms with Gasteiger partial charge in [-0.3, -0.25) is 4.98 Å². The van der Waals surface area contributed by atoms with Crippen molar-refractivity contribution in [1.82, 2.24) is 15.0 Å². The first-order valence-electron chi connectivity index (χ1n) is 9.54. The Morgan fingerprint density at radius 1 is 1.17 bits per heavy atom. The molecule has 0 fully saturated rings. The molecule has 1 aliphatic heterocycles. The molecule has 1 aromatic carbocycles. The highest BCUT2D eigenvalue weighted by atomic mass is 15.3. The zero-order valence-corrected chi connectivity index (χ0v) is 16.1. The van der Waals surface area contributed by atoms with Gasteiger partial charge in [0.15, 0.2) is 0 Å². The molecule has 0 saturated carbocycles. The molecule has 4 rings (SSSR count). The molecule has 7 nitrogen and oxygen atoms in total. The molecule has 2 aromatic heterocycles. The Balaban J connectivity index is 1.56. The maximum atomic E-state index is 9.89. The van der Waals surface area contributed by atoms with Gasteiger partial charge >= 0.3 is 0 Å². The Morgan fingerprint density at radius 3 is 2.86 bits per heavy atom. The fraction of sp³-hybridized carbons (Fsp3) is 0.182. The summed E-state index contributed by atoms with van der Waals surface area (Å²) in [5.74, 6) is 1.24. The maximum absolute atomic E-state index is 9.89. The number of rotatable bonds is 6. The quantitative estimate of drug-likeness (QED) is 0.628. The lowest BCUT2D eigenvalue weighted by Crippen LogP contribution is -2.21. The van der Waals surface area contributed by atoms with Crippen molar-refractivity contribution in [3.05, 3.63) is 78.1 Å². The lowest BCUT2D eigenvalue weighted by Gasteiger charge is -2.19. The lowest BCUT2D eigenvalue weighted by molar-refractivity contribution is 0.968. The molecule has 0 aliphatic carbocycles. The highest BCUT2D eigenvalue weighted by Gasteiger charge is 2.26. The van der Waals surface area contributed by atoms with Crippen molar-refractivity contribution in [3.63, 3.8) is 0 Å². The molecular weight excluding hydrogens is 362 g/mol. The number of para-hydroxylation sites is 2. The summed E-state index contributed by atoms with van der Waals surface area (Å²) in [5, 5.41) is 16.5. The lowest BCUT2D eigenvalue weighted by atomic mass is 10.2. The predicted octanol–water partition coefficient (Wildman–Crippen LogP) is 3.67. The van der Waals surface area contributed by atoms with E-state index < -0.39 is 0 Å². The van der Waals surface area contributed by atoms with Gasteiger partial charge in [0.2, 0.25) is 5.95 Å². The van der Waals surface area contributed by atoms with E-state index in [4.69, 9.17) is 0 Å². The summed E-state index contributed by atoms with van der Waals surface area (Å²) in [6.45, 7) is 3.48. The Morgan fingerprint density at radius 2 is 2.07 bits per heavy atom. The van der Waals surface area contributed by atoms with Crippen molar-refractivity contribution >= 4 is 22.9 Å². The van der Waals surface area contributed by atoms with Crippen LogP contribution in [0, 0.1) is 11.3 Å². The van der Waals surface area contributed by atoms with Crippen molar-refractivity contribution < 1.29 is 0 Å². The van der Waals surface area contributed by atoms with Gasteiger partial charge in [-0.2, -0.15) is 5.26 Å². The minimum atomic E-state index is 0.487. The SMILES string of the molecule is CCN1/C(=C(\C#N)c2ccnc(NCCc3cccnc3)n2)Nc2ccccc21. The number of fused-ring (bicyclic) bond motifs is 1. The van der Waals surface area contributed by atoms with Gasteiger partial charge in [0.1, 0.15) is 17.5 Å². The average molecular weight is 383 g/mol. The Hall–Kier alpha value is -3.92. The summed E-state index contributed by atoms with van der Waals surface area (Å²) in [5.41, 5.74) is 4.26. The number of nitrogens with zero attached hydrogens (tertiary/aromatic N) is 5. The van der Waals surface area contributed by atoms with E-state index in [0.29, 0.717) is 23.8 Å². The highest BCUT2D eigenvalue weighted by molar-refractivity contribution is 5.90. The summed E-state index contributed by atoms with van der Waals surface area (Å²) >= 11 is 0. The molecule has 0 atom stereocenters. The van der Waals surface area contributed by atoms with E-state index in [1.165, 1.54) is 0 Å². The number of benzene rings is 1. The first-order chi connectivity index (χ1) is 14.3. The molecule has 0 spiro atoms. The van der Waals surface area contributed by atoms with Gasteiger partial charge in [0.05, 0.1) is 17.1 Å². The van der Waals surface area contributed by atoms with E-state index >= 15 is 0 Å². The van der Waals surface area contributed by atoms with Crippen LogP contribution in [0.4, 0.5) is 17.3 Å². The minimum absolute atomic E-state index is 0.487. The largest absolute Gasteiger partial charge is 0.354 e. The van der Waals surface area contributed by atoms with Gasteiger partial charge < -0.3 is 15.5 Å². The predicted molar refractivity (Wildman–Crippen MR) is 114 cm³/mol. The zero-order valence-electron chi connectivity index (χ0n) is 16.1. The minimum Gasteiger partial charge on any atom is -0.354 e. The third-order valence-electron chi connectivity index (χ3n) is 4.71. The molecule has 0 bridgehead atoms. The number of nitrogens with one attached hydrogen (secondary N) is 2. The Kier molecular flexibility index (Phi) is 5.34. The maximum Gasteiger partial charge on any atom is 0.223 e. The topological polar surface area (TPSA) is 89.8 Å². The molecule has 7 heteroatoms. The third kappa shape index (κ3) is 3.87. The van der Waals surface area contributed by atoms with Gasteiger partial charge in [-0.1, -0.05) is 18.2 Å². The van der Waals surface area contributed by atoms with E-state index in [1.54, 1.807) is 18.5 Å². The first-order valence-corrected chi connectivity index (χ1v) is 9.54. The van der Waals surface area contributed by atoms with Gasteiger partial charge in [0.25, 0.3) is 0 Å². The highest BCUT2D eigenvalue weighted by Crippen LogP contribution is 2.38. The standard InChI is InChI=1S/C22H21N7/c1-2-29-20-8-4-3-7-19(20)27-21(29)17(14-23)18-10-13-26-22(28-18)25-12-9-16-6-5-11-24-15-16/h3-8,10-11,13,15,27H,2,9,12H2,1H3,(H,25,26,28)/b21-17+. The third-order valence-corrected chi connectivity index (χ3v) is 4.71. The van der Waals surface area contributed by atoms with E-state index in [2.05, 4.69) is 43.5 Å². The molecule has 0 amide bonds. The van der Waals surface area contributed by atoms with E-state index in [-0.39, 0.29) is 0 Å². The van der Waals surface area contributed by atoms with Crippen LogP contribution in [0.1, 0.15) is 18.2 Å². The fourth-order valence-electron chi connectivity index (χ4n) is 3.34. The molecule has 3 aromatic rings. The van der Waals surface area contributed by atoms with Crippen LogP contribution in [0.2, 0.25) is 0 Å². The van der Waals surface area contributed by atoms with Gasteiger partial charge in [-0.15, -0.1) is 0 Å². The molecule has 0 unspecified atom stereocenters. The second-order valence-corrected chi connectivity index (χ2v) is 6.53. The summed E-state index contributed by atoms with van der Waals surface area (Å²) in [7, 11) is 0. The van der Waals surface area contributed by atoms with Crippen LogP contribution >= 0.6 is 0 Å². The molecule has 0 saturated heterocycles. The van der Waals surface area contributed by atoms with Crippen LogP contribution in [0.3, 0.4) is 0 Å². The molecule has 0 radical (unpaired) electrons. The molecule has 2 N–H and O–H groups in total. The zero-order chi connectivity index (χ0) is 20.1. The summed E-state index contributed by atoms with van der Waals surface area (Å²) in [4.78, 5) is 15.1. The molecular formula is C22H21N7. The van der Waals surface area contributed by atoms with Gasteiger partial charge in [0, 0.05) is 31.7 Å². The Labute approximate surface area is 169 Å².